The van der Waals surface area contributed by atoms with Crippen molar-refractivity contribution in [2.45, 2.75) is 45.2 Å². The van der Waals surface area contributed by atoms with Crippen LogP contribution in [0.3, 0.4) is 0 Å². The van der Waals surface area contributed by atoms with Crippen molar-refractivity contribution in [3.8, 4) is 0 Å². The second-order valence-corrected chi connectivity index (χ2v) is 6.77. The third kappa shape index (κ3) is 3.35. The Morgan fingerprint density at radius 3 is 2.70 bits per heavy atom. The van der Waals surface area contributed by atoms with E-state index in [2.05, 4.69) is 22.2 Å². The van der Waals surface area contributed by atoms with E-state index in [1.165, 1.54) is 44.3 Å². The van der Waals surface area contributed by atoms with Gasteiger partial charge >= 0.3 is 0 Å². The van der Waals surface area contributed by atoms with Gasteiger partial charge in [-0.2, -0.15) is 5.10 Å². The van der Waals surface area contributed by atoms with Crippen LogP contribution in [0.2, 0.25) is 5.15 Å². The zero-order valence-corrected chi connectivity index (χ0v) is 13.3. The fourth-order valence-electron chi connectivity index (χ4n) is 3.17. The minimum atomic E-state index is 0.657. The molecule has 1 N–H and O–H groups in total. The van der Waals surface area contributed by atoms with Crippen molar-refractivity contribution >= 4 is 11.6 Å². The van der Waals surface area contributed by atoms with E-state index in [4.69, 9.17) is 11.6 Å². The van der Waals surface area contributed by atoms with Crippen LogP contribution in [0, 0.1) is 12.8 Å². The van der Waals surface area contributed by atoms with Crippen LogP contribution in [0.25, 0.3) is 0 Å². The highest BCUT2D eigenvalue weighted by atomic mass is 35.5. The Morgan fingerprint density at radius 1 is 1.35 bits per heavy atom. The molecule has 1 aromatic heterocycles. The van der Waals surface area contributed by atoms with Crippen molar-refractivity contribution < 1.29 is 0 Å². The lowest BCUT2D eigenvalue weighted by Gasteiger charge is -2.25. The first-order valence-electron chi connectivity index (χ1n) is 7.77. The summed E-state index contributed by atoms with van der Waals surface area (Å²) in [5, 5.41) is 8.83. The average molecular weight is 297 g/mol. The van der Waals surface area contributed by atoms with Gasteiger partial charge in [0.25, 0.3) is 0 Å². The van der Waals surface area contributed by atoms with Gasteiger partial charge in [0.1, 0.15) is 5.15 Å². The van der Waals surface area contributed by atoms with Gasteiger partial charge in [-0.15, -0.1) is 0 Å². The van der Waals surface area contributed by atoms with Crippen molar-refractivity contribution in [2.75, 3.05) is 19.6 Å². The standard InChI is InChI=1S/C15H25ClN4/c1-11-14(15(16)19(2)18-11)10-20(8-12-5-6-12)9-13-4-3-7-17-13/h12-13,17H,3-10H2,1-2H3. The molecule has 2 aliphatic rings. The van der Waals surface area contributed by atoms with Crippen LogP contribution in [0.4, 0.5) is 0 Å². The maximum absolute atomic E-state index is 6.39. The first-order chi connectivity index (χ1) is 9.63. The summed E-state index contributed by atoms with van der Waals surface area (Å²) in [6, 6.07) is 0.657. The topological polar surface area (TPSA) is 33.1 Å². The van der Waals surface area contributed by atoms with Crippen molar-refractivity contribution in [1.29, 1.82) is 0 Å². The molecule has 5 heteroatoms. The number of aromatic nitrogens is 2. The monoisotopic (exact) mass is 296 g/mol. The Labute approximate surface area is 126 Å². The molecule has 1 aliphatic heterocycles. The van der Waals surface area contributed by atoms with E-state index in [0.29, 0.717) is 6.04 Å². The number of halogens is 1. The summed E-state index contributed by atoms with van der Waals surface area (Å²) in [4.78, 5) is 2.58. The highest BCUT2D eigenvalue weighted by Gasteiger charge is 2.27. The van der Waals surface area contributed by atoms with Gasteiger partial charge in [0.15, 0.2) is 0 Å². The molecule has 2 heterocycles. The number of rotatable bonds is 6. The van der Waals surface area contributed by atoms with E-state index in [1.807, 2.05) is 7.05 Å². The lowest BCUT2D eigenvalue weighted by molar-refractivity contribution is 0.231. The van der Waals surface area contributed by atoms with Gasteiger partial charge < -0.3 is 5.32 Å². The van der Waals surface area contributed by atoms with E-state index in [1.54, 1.807) is 4.68 Å². The molecule has 1 atom stereocenters. The minimum absolute atomic E-state index is 0.657. The molecule has 1 saturated carbocycles. The zero-order chi connectivity index (χ0) is 14.1. The normalized spacial score (nSPS) is 22.9. The second-order valence-electron chi connectivity index (χ2n) is 6.41. The van der Waals surface area contributed by atoms with Crippen LogP contribution in [0.5, 0.6) is 0 Å². The molecule has 4 nitrogen and oxygen atoms in total. The number of hydrogen-bond acceptors (Lipinski definition) is 3. The lowest BCUT2D eigenvalue weighted by atomic mass is 10.1. The molecule has 2 fully saturated rings. The van der Waals surface area contributed by atoms with E-state index < -0.39 is 0 Å². The molecule has 0 radical (unpaired) electrons. The van der Waals surface area contributed by atoms with Crippen LogP contribution >= 0.6 is 11.6 Å². The average Bonchev–Trinajstić information content (AvgIpc) is 3.01. The van der Waals surface area contributed by atoms with E-state index in [0.717, 1.165) is 29.9 Å². The maximum atomic E-state index is 6.39. The molecule has 0 amide bonds. The molecular weight excluding hydrogens is 272 g/mol. The molecular formula is C15H25ClN4. The fourth-order valence-corrected chi connectivity index (χ4v) is 3.40. The Bertz CT molecular complexity index is 461. The Morgan fingerprint density at radius 2 is 2.15 bits per heavy atom. The second kappa shape index (κ2) is 6.04. The van der Waals surface area contributed by atoms with Crippen LogP contribution in [0.1, 0.15) is 36.9 Å². The van der Waals surface area contributed by atoms with Gasteiger partial charge in [0.2, 0.25) is 0 Å². The molecule has 3 rings (SSSR count). The molecule has 1 saturated heterocycles. The molecule has 0 bridgehead atoms. The summed E-state index contributed by atoms with van der Waals surface area (Å²) in [6.07, 6.45) is 5.41. The number of nitrogens with zero attached hydrogens (tertiary/aromatic N) is 3. The van der Waals surface area contributed by atoms with Gasteiger partial charge in [0, 0.05) is 38.3 Å². The number of nitrogens with one attached hydrogen (secondary N) is 1. The highest BCUT2D eigenvalue weighted by molar-refractivity contribution is 6.30. The minimum Gasteiger partial charge on any atom is -0.313 e. The van der Waals surface area contributed by atoms with Gasteiger partial charge in [-0.1, -0.05) is 11.6 Å². The molecule has 0 spiro atoms. The van der Waals surface area contributed by atoms with E-state index in [-0.39, 0.29) is 0 Å². The number of aryl methyl sites for hydroxylation is 2. The Balaban J connectivity index is 1.67. The highest BCUT2D eigenvalue weighted by Crippen LogP contribution is 2.31. The maximum Gasteiger partial charge on any atom is 0.131 e. The van der Waals surface area contributed by atoms with Gasteiger partial charge in [0.05, 0.1) is 5.69 Å². The molecule has 0 aromatic carbocycles. The van der Waals surface area contributed by atoms with E-state index in [9.17, 15) is 0 Å². The summed E-state index contributed by atoms with van der Waals surface area (Å²) < 4.78 is 1.79. The summed E-state index contributed by atoms with van der Waals surface area (Å²) in [7, 11) is 1.92. The summed E-state index contributed by atoms with van der Waals surface area (Å²) in [5.74, 6) is 0.909. The largest absolute Gasteiger partial charge is 0.313 e. The third-order valence-electron chi connectivity index (χ3n) is 4.51. The quantitative estimate of drug-likeness (QED) is 0.875. The Kier molecular flexibility index (Phi) is 4.34. The SMILES string of the molecule is Cc1nn(C)c(Cl)c1CN(CC1CC1)CC1CCCN1. The van der Waals surface area contributed by atoms with Crippen molar-refractivity contribution in [3.63, 3.8) is 0 Å². The van der Waals surface area contributed by atoms with E-state index >= 15 is 0 Å². The molecule has 1 unspecified atom stereocenters. The van der Waals surface area contributed by atoms with Crippen LogP contribution in [0.15, 0.2) is 0 Å². The molecule has 1 aromatic rings. The Hall–Kier alpha value is -0.580. The van der Waals surface area contributed by atoms with Gasteiger partial charge in [-0.05, 0) is 45.1 Å². The van der Waals surface area contributed by atoms with Crippen molar-refractivity contribution in [3.05, 3.63) is 16.4 Å². The van der Waals surface area contributed by atoms with Gasteiger partial charge in [-0.3, -0.25) is 9.58 Å². The van der Waals surface area contributed by atoms with Crippen molar-refractivity contribution in [1.82, 2.24) is 20.0 Å². The fraction of sp³-hybridized carbons (Fsp3) is 0.800. The first-order valence-corrected chi connectivity index (χ1v) is 8.15. The third-order valence-corrected chi connectivity index (χ3v) is 4.98. The molecule has 112 valence electrons. The smallest absolute Gasteiger partial charge is 0.131 e. The summed E-state index contributed by atoms with van der Waals surface area (Å²) in [5.41, 5.74) is 2.27. The molecule has 20 heavy (non-hydrogen) atoms. The van der Waals surface area contributed by atoms with Crippen LogP contribution in [-0.2, 0) is 13.6 Å². The molecule has 1 aliphatic carbocycles. The predicted molar refractivity (Wildman–Crippen MR) is 82.0 cm³/mol. The van der Waals surface area contributed by atoms with Crippen molar-refractivity contribution in [2.24, 2.45) is 13.0 Å². The summed E-state index contributed by atoms with van der Waals surface area (Å²) in [6.45, 7) is 6.52. The van der Waals surface area contributed by atoms with Crippen LogP contribution < -0.4 is 5.32 Å². The van der Waals surface area contributed by atoms with Crippen LogP contribution in [-0.4, -0.2) is 40.4 Å². The summed E-state index contributed by atoms with van der Waals surface area (Å²) >= 11 is 6.39. The first kappa shape index (κ1) is 14.4. The van der Waals surface area contributed by atoms with Gasteiger partial charge in [-0.25, -0.2) is 0 Å². The lowest BCUT2D eigenvalue weighted by Crippen LogP contribution is -2.38. The predicted octanol–water partition coefficient (Wildman–Crippen LogP) is 2.35. The number of hydrogen-bond donors (Lipinski definition) is 1. The zero-order valence-electron chi connectivity index (χ0n) is 12.5.